The minimum Gasteiger partial charge on any atom is -0.478 e. The van der Waals surface area contributed by atoms with E-state index in [0.29, 0.717) is 10.7 Å². The van der Waals surface area contributed by atoms with Gasteiger partial charge in [-0.1, -0.05) is 0 Å². The molecule has 2 rings (SSSR count). The van der Waals surface area contributed by atoms with Gasteiger partial charge in [-0.2, -0.15) is 0 Å². The number of halogens is 1. The van der Waals surface area contributed by atoms with Gasteiger partial charge in [0.15, 0.2) is 0 Å². The Labute approximate surface area is 97.8 Å². The number of hydrogen-bond acceptors (Lipinski definition) is 4. The number of pyridine rings is 1. The maximum atomic E-state index is 10.7. The van der Waals surface area contributed by atoms with Crippen LogP contribution in [0, 0.1) is 0 Å². The third-order valence-corrected chi connectivity index (χ3v) is 3.20. The Hall–Kier alpha value is -1.27. The van der Waals surface area contributed by atoms with E-state index in [4.69, 9.17) is 5.11 Å². The molecule has 0 amide bonds. The standard InChI is InChI=1S/C9H5BrN2O2S/c10-7-4-12-8(15-7)6-3-5(9(13)14)1-2-11-6/h1-4H,(H,13,14). The summed E-state index contributed by atoms with van der Waals surface area (Å²) in [4.78, 5) is 18.9. The van der Waals surface area contributed by atoms with Gasteiger partial charge in [0, 0.05) is 6.20 Å². The molecule has 0 aromatic carbocycles. The van der Waals surface area contributed by atoms with Crippen molar-refractivity contribution >= 4 is 33.2 Å². The Morgan fingerprint density at radius 2 is 2.27 bits per heavy atom. The topological polar surface area (TPSA) is 63.1 Å². The molecule has 0 atom stereocenters. The Balaban J connectivity index is 2.45. The zero-order valence-corrected chi connectivity index (χ0v) is 9.75. The summed E-state index contributed by atoms with van der Waals surface area (Å²) in [6.07, 6.45) is 3.13. The van der Waals surface area contributed by atoms with Crippen LogP contribution in [0.4, 0.5) is 0 Å². The lowest BCUT2D eigenvalue weighted by Crippen LogP contribution is -1.96. The first-order chi connectivity index (χ1) is 7.16. The molecule has 0 aliphatic heterocycles. The van der Waals surface area contributed by atoms with Crippen molar-refractivity contribution in [3.05, 3.63) is 33.9 Å². The summed E-state index contributed by atoms with van der Waals surface area (Å²) in [6.45, 7) is 0. The first-order valence-electron chi connectivity index (χ1n) is 3.98. The molecular formula is C9H5BrN2O2S. The van der Waals surface area contributed by atoms with Gasteiger partial charge in [0.25, 0.3) is 0 Å². The molecule has 0 bridgehead atoms. The summed E-state index contributed by atoms with van der Waals surface area (Å²) in [5.74, 6) is -0.964. The van der Waals surface area contributed by atoms with Crippen LogP contribution in [0.25, 0.3) is 10.7 Å². The maximum Gasteiger partial charge on any atom is 0.335 e. The van der Waals surface area contributed by atoms with E-state index in [0.717, 1.165) is 3.79 Å². The fourth-order valence-corrected chi connectivity index (χ4v) is 2.23. The average molecular weight is 285 g/mol. The van der Waals surface area contributed by atoms with Crippen LogP contribution in [0.5, 0.6) is 0 Å². The Morgan fingerprint density at radius 3 is 2.87 bits per heavy atom. The van der Waals surface area contributed by atoms with Crippen molar-refractivity contribution < 1.29 is 9.90 Å². The molecule has 76 valence electrons. The number of thiazole rings is 1. The summed E-state index contributed by atoms with van der Waals surface area (Å²) in [7, 11) is 0. The largest absolute Gasteiger partial charge is 0.478 e. The van der Waals surface area contributed by atoms with Crippen LogP contribution in [0.1, 0.15) is 10.4 Å². The fourth-order valence-electron chi connectivity index (χ4n) is 1.05. The number of carboxylic acid groups (broad SMARTS) is 1. The molecule has 0 aliphatic rings. The normalized spacial score (nSPS) is 10.2. The molecule has 4 nitrogen and oxygen atoms in total. The molecule has 0 aliphatic carbocycles. The second-order valence-corrected chi connectivity index (χ2v) is 5.11. The van der Waals surface area contributed by atoms with E-state index in [2.05, 4.69) is 25.9 Å². The van der Waals surface area contributed by atoms with Gasteiger partial charge >= 0.3 is 5.97 Å². The molecular weight excluding hydrogens is 280 g/mol. The minimum atomic E-state index is -0.964. The van der Waals surface area contributed by atoms with E-state index < -0.39 is 5.97 Å². The van der Waals surface area contributed by atoms with Gasteiger partial charge in [0.2, 0.25) is 0 Å². The van der Waals surface area contributed by atoms with Crippen molar-refractivity contribution in [3.63, 3.8) is 0 Å². The quantitative estimate of drug-likeness (QED) is 0.921. The molecule has 0 saturated carbocycles. The Kier molecular flexibility index (Phi) is 2.79. The van der Waals surface area contributed by atoms with Gasteiger partial charge < -0.3 is 5.11 Å². The van der Waals surface area contributed by atoms with E-state index in [9.17, 15) is 4.79 Å². The SMILES string of the molecule is O=C(O)c1ccnc(-c2ncc(Br)s2)c1. The molecule has 1 N–H and O–H groups in total. The molecule has 15 heavy (non-hydrogen) atoms. The number of rotatable bonds is 2. The maximum absolute atomic E-state index is 10.7. The van der Waals surface area contributed by atoms with Crippen LogP contribution in [-0.2, 0) is 0 Å². The second-order valence-electron chi connectivity index (χ2n) is 2.70. The summed E-state index contributed by atoms with van der Waals surface area (Å²) < 4.78 is 0.889. The zero-order chi connectivity index (χ0) is 10.8. The monoisotopic (exact) mass is 284 g/mol. The Morgan fingerprint density at radius 1 is 1.47 bits per heavy atom. The van der Waals surface area contributed by atoms with Crippen LogP contribution in [-0.4, -0.2) is 21.0 Å². The molecule has 2 heterocycles. The van der Waals surface area contributed by atoms with E-state index in [1.165, 1.54) is 29.7 Å². The third-order valence-electron chi connectivity index (χ3n) is 1.70. The number of carbonyl (C=O) groups is 1. The molecule has 0 saturated heterocycles. The number of nitrogens with zero attached hydrogens (tertiary/aromatic N) is 2. The van der Waals surface area contributed by atoms with E-state index in [-0.39, 0.29) is 5.56 Å². The van der Waals surface area contributed by atoms with Crippen molar-refractivity contribution in [3.8, 4) is 10.7 Å². The number of aromatic carboxylic acids is 1. The van der Waals surface area contributed by atoms with Gasteiger partial charge in [0.1, 0.15) is 5.01 Å². The van der Waals surface area contributed by atoms with Gasteiger partial charge in [-0.3, -0.25) is 4.98 Å². The lowest BCUT2D eigenvalue weighted by molar-refractivity contribution is 0.0697. The molecule has 0 unspecified atom stereocenters. The van der Waals surface area contributed by atoms with Crippen LogP contribution in [0.3, 0.4) is 0 Å². The lowest BCUT2D eigenvalue weighted by atomic mass is 10.2. The van der Waals surface area contributed by atoms with Crippen molar-refractivity contribution in [1.82, 2.24) is 9.97 Å². The van der Waals surface area contributed by atoms with E-state index in [1.807, 2.05) is 0 Å². The van der Waals surface area contributed by atoms with Gasteiger partial charge in [0.05, 0.1) is 21.2 Å². The van der Waals surface area contributed by atoms with Crippen LogP contribution in [0.15, 0.2) is 28.3 Å². The molecule has 0 radical (unpaired) electrons. The highest BCUT2D eigenvalue weighted by Gasteiger charge is 2.08. The third kappa shape index (κ3) is 2.21. The molecule has 0 spiro atoms. The predicted molar refractivity (Wildman–Crippen MR) is 60.0 cm³/mol. The van der Waals surface area contributed by atoms with Gasteiger partial charge in [-0.25, -0.2) is 9.78 Å². The van der Waals surface area contributed by atoms with E-state index in [1.54, 1.807) is 6.20 Å². The second kappa shape index (κ2) is 4.08. The van der Waals surface area contributed by atoms with Crippen molar-refractivity contribution in [2.45, 2.75) is 0 Å². The lowest BCUT2D eigenvalue weighted by Gasteiger charge is -1.96. The fraction of sp³-hybridized carbons (Fsp3) is 0. The summed E-state index contributed by atoms with van der Waals surface area (Å²) in [5, 5.41) is 9.51. The van der Waals surface area contributed by atoms with E-state index >= 15 is 0 Å². The highest BCUT2D eigenvalue weighted by atomic mass is 79.9. The number of carboxylic acids is 1. The highest BCUT2D eigenvalue weighted by molar-refractivity contribution is 9.11. The number of aromatic nitrogens is 2. The van der Waals surface area contributed by atoms with Crippen molar-refractivity contribution in [1.29, 1.82) is 0 Å². The smallest absolute Gasteiger partial charge is 0.335 e. The van der Waals surface area contributed by atoms with Gasteiger partial charge in [-0.15, -0.1) is 11.3 Å². The molecule has 2 aromatic rings. The predicted octanol–water partition coefficient (Wildman–Crippen LogP) is 2.67. The van der Waals surface area contributed by atoms with Crippen LogP contribution in [0.2, 0.25) is 0 Å². The summed E-state index contributed by atoms with van der Waals surface area (Å²) in [5.41, 5.74) is 0.789. The molecule has 6 heteroatoms. The van der Waals surface area contributed by atoms with Crippen LogP contribution >= 0.6 is 27.3 Å². The molecule has 2 aromatic heterocycles. The number of hydrogen-bond donors (Lipinski definition) is 1. The van der Waals surface area contributed by atoms with Crippen LogP contribution < -0.4 is 0 Å². The van der Waals surface area contributed by atoms with Gasteiger partial charge in [-0.05, 0) is 28.1 Å². The molecule has 0 fully saturated rings. The highest BCUT2D eigenvalue weighted by Crippen LogP contribution is 2.27. The first-order valence-corrected chi connectivity index (χ1v) is 5.59. The summed E-state index contributed by atoms with van der Waals surface area (Å²) >= 11 is 4.70. The minimum absolute atomic E-state index is 0.214. The first kappa shape index (κ1) is 10.3. The summed E-state index contributed by atoms with van der Waals surface area (Å²) in [6, 6.07) is 2.96. The van der Waals surface area contributed by atoms with Crippen molar-refractivity contribution in [2.75, 3.05) is 0 Å². The average Bonchev–Trinajstić information content (AvgIpc) is 2.65. The Bertz CT molecular complexity index is 512. The zero-order valence-electron chi connectivity index (χ0n) is 7.35. The van der Waals surface area contributed by atoms with Crippen molar-refractivity contribution in [2.24, 2.45) is 0 Å².